The van der Waals surface area contributed by atoms with Gasteiger partial charge in [0.1, 0.15) is 0 Å². The molecule has 3 aromatic rings. The van der Waals surface area contributed by atoms with Crippen LogP contribution in [0.5, 0.6) is 0 Å². The topological polar surface area (TPSA) is 3.24 Å². The molecule has 0 aliphatic heterocycles. The second-order valence-corrected chi connectivity index (χ2v) is 13.8. The maximum Gasteiger partial charge on any atom is 2.00 e. The first-order valence-electron chi connectivity index (χ1n) is 11.2. The van der Waals surface area contributed by atoms with Crippen LogP contribution in [0.25, 0.3) is 0 Å². The molecule has 3 heteroatoms. The zero-order valence-electron chi connectivity index (χ0n) is 19.1. The summed E-state index contributed by atoms with van der Waals surface area (Å²) in [6, 6.07) is 31.6. The van der Waals surface area contributed by atoms with E-state index in [-0.39, 0.29) is 19.5 Å². The molecule has 3 aromatic carbocycles. The van der Waals surface area contributed by atoms with E-state index < -0.39 is 14.7 Å². The molecule has 0 N–H and O–H groups in total. The molecular weight excluding hydrogens is 540 g/mol. The van der Waals surface area contributed by atoms with Crippen LogP contribution in [0.1, 0.15) is 24.9 Å². The van der Waals surface area contributed by atoms with Gasteiger partial charge >= 0.3 is 170 Å². The van der Waals surface area contributed by atoms with Gasteiger partial charge in [0.05, 0.1) is 0 Å². The number of nitrogens with zero attached hydrogens (tertiary/aromatic N) is 1. The van der Waals surface area contributed by atoms with Crippen molar-refractivity contribution in [2.45, 2.75) is 19.4 Å². The van der Waals surface area contributed by atoms with Crippen LogP contribution >= 0.6 is 0 Å². The predicted octanol–water partition coefficient (Wildman–Crippen LogP) is 4.30. The molecule has 1 atom stereocenters. The SMILES string of the molecule is C1=CC2C=CC1C2.CC(c1ccccc1[AsH](c1ccccc1)c1ccccc1)N(C)C.[Rh+2]. The van der Waals surface area contributed by atoms with E-state index in [1.807, 2.05) is 0 Å². The maximum atomic E-state index is 2.35. The number of fused-ring (bicyclic) bond motifs is 2. The van der Waals surface area contributed by atoms with Gasteiger partial charge in [-0.15, -0.1) is 0 Å². The van der Waals surface area contributed by atoms with E-state index in [1.54, 1.807) is 4.35 Å². The first-order valence-corrected chi connectivity index (χ1v) is 14.4. The van der Waals surface area contributed by atoms with Crippen LogP contribution in [-0.2, 0) is 19.5 Å². The van der Waals surface area contributed by atoms with Gasteiger partial charge in [0.25, 0.3) is 0 Å². The van der Waals surface area contributed by atoms with Gasteiger partial charge in [-0.2, -0.15) is 0 Å². The third-order valence-corrected chi connectivity index (χ3v) is 12.2. The molecule has 0 spiro atoms. The fraction of sp³-hybridized carbons (Fsp3) is 0.241. The molecule has 1 nitrogen and oxygen atoms in total. The summed E-state index contributed by atoms with van der Waals surface area (Å²) in [7, 11) is 4.32. The van der Waals surface area contributed by atoms with Gasteiger partial charge in [0.2, 0.25) is 0 Å². The Balaban J connectivity index is 0.000000303. The third kappa shape index (κ3) is 5.99. The molecule has 32 heavy (non-hydrogen) atoms. The molecule has 2 bridgehead atoms. The molecule has 0 fully saturated rings. The summed E-state index contributed by atoms with van der Waals surface area (Å²) in [6.45, 7) is 2.30. The smallest absolute Gasteiger partial charge is 2.00 e. The van der Waals surface area contributed by atoms with Gasteiger partial charge in [-0.1, -0.05) is 24.3 Å². The maximum absolute atomic E-state index is 2.35. The van der Waals surface area contributed by atoms with Crippen molar-refractivity contribution in [3.63, 3.8) is 0 Å². The largest absolute Gasteiger partial charge is 2.00 e. The summed E-state index contributed by atoms with van der Waals surface area (Å²) in [5.41, 5.74) is 1.46. The predicted molar refractivity (Wildman–Crippen MR) is 137 cm³/mol. The first kappa shape index (κ1) is 24.9. The van der Waals surface area contributed by atoms with Crippen LogP contribution in [0.2, 0.25) is 0 Å². The molecule has 166 valence electrons. The van der Waals surface area contributed by atoms with Gasteiger partial charge in [-0.05, 0) is 18.3 Å². The van der Waals surface area contributed by atoms with Crippen molar-refractivity contribution in [3.8, 4) is 0 Å². The fourth-order valence-corrected chi connectivity index (χ4v) is 10.4. The number of allylic oxidation sites excluding steroid dienone is 4. The van der Waals surface area contributed by atoms with Crippen molar-refractivity contribution in [1.29, 1.82) is 0 Å². The normalized spacial score (nSPS) is 18.9. The molecule has 0 saturated carbocycles. The molecule has 0 heterocycles. The van der Waals surface area contributed by atoms with Gasteiger partial charge < -0.3 is 0 Å². The van der Waals surface area contributed by atoms with E-state index in [1.165, 1.54) is 20.7 Å². The minimum absolute atomic E-state index is 0. The Kier molecular flexibility index (Phi) is 9.30. The van der Waals surface area contributed by atoms with Gasteiger partial charge in [0, 0.05) is 0 Å². The number of hydrogen-bond donors (Lipinski definition) is 0. The van der Waals surface area contributed by atoms with E-state index in [0.717, 1.165) is 11.8 Å². The Labute approximate surface area is 211 Å². The van der Waals surface area contributed by atoms with Crippen LogP contribution in [0, 0.1) is 11.8 Å². The summed E-state index contributed by atoms with van der Waals surface area (Å²) in [4.78, 5) is 2.30. The fourth-order valence-electron chi connectivity index (χ4n) is 4.38. The molecule has 1 unspecified atom stereocenters. The van der Waals surface area contributed by atoms with Crippen molar-refractivity contribution < 1.29 is 19.5 Å². The molecule has 0 amide bonds. The average Bonchev–Trinajstić information content (AvgIpc) is 3.47. The molecule has 0 aromatic heterocycles. The molecule has 2 radical (unpaired) electrons. The second kappa shape index (κ2) is 11.9. The summed E-state index contributed by atoms with van der Waals surface area (Å²) < 4.78 is 4.56. The van der Waals surface area contributed by atoms with Crippen LogP contribution in [-0.4, -0.2) is 33.6 Å². The second-order valence-electron chi connectivity index (χ2n) is 8.67. The Morgan fingerprint density at radius 2 is 1.12 bits per heavy atom. The Bertz CT molecular complexity index is 962. The summed E-state index contributed by atoms with van der Waals surface area (Å²) in [6.07, 6.45) is 10.5. The zero-order valence-corrected chi connectivity index (χ0v) is 22.8. The van der Waals surface area contributed by atoms with Crippen molar-refractivity contribution in [2.75, 3.05) is 14.1 Å². The number of hydrogen-bond acceptors (Lipinski definition) is 1. The van der Waals surface area contributed by atoms with Gasteiger partial charge in [-0.25, -0.2) is 0 Å². The summed E-state index contributed by atoms with van der Waals surface area (Å²) in [5.74, 6) is 1.62. The minimum atomic E-state index is -1.82. The third-order valence-electron chi connectivity index (χ3n) is 6.34. The quantitative estimate of drug-likeness (QED) is 0.325. The number of benzene rings is 3. The van der Waals surface area contributed by atoms with Crippen LogP contribution in [0.15, 0.2) is 109 Å². The molecule has 2 aliphatic carbocycles. The van der Waals surface area contributed by atoms with Crippen molar-refractivity contribution in [2.24, 2.45) is 11.8 Å². The van der Waals surface area contributed by atoms with Crippen molar-refractivity contribution in [1.82, 2.24) is 4.90 Å². The zero-order chi connectivity index (χ0) is 21.6. The van der Waals surface area contributed by atoms with E-state index in [4.69, 9.17) is 0 Å². The van der Waals surface area contributed by atoms with Crippen molar-refractivity contribution in [3.05, 3.63) is 115 Å². The van der Waals surface area contributed by atoms with Crippen LogP contribution < -0.4 is 13.1 Å². The minimum Gasteiger partial charge on any atom is 2.00 e. The van der Waals surface area contributed by atoms with Crippen molar-refractivity contribution >= 4 is 27.7 Å². The van der Waals surface area contributed by atoms with Gasteiger partial charge in [0.15, 0.2) is 0 Å². The average molecular weight is 573 g/mol. The summed E-state index contributed by atoms with van der Waals surface area (Å²) in [5, 5.41) is 0. The van der Waals surface area contributed by atoms with E-state index in [9.17, 15) is 0 Å². The summed E-state index contributed by atoms with van der Waals surface area (Å²) >= 11 is -1.82. The van der Waals surface area contributed by atoms with E-state index in [2.05, 4.69) is 135 Å². The monoisotopic (exact) mass is 573 g/mol. The van der Waals surface area contributed by atoms with Crippen LogP contribution in [0.3, 0.4) is 0 Å². The molecule has 5 rings (SSSR count). The first-order chi connectivity index (χ1) is 15.1. The molecule has 2 aliphatic rings. The van der Waals surface area contributed by atoms with E-state index >= 15 is 0 Å². The molecular formula is C29H33AsNRh+2. The van der Waals surface area contributed by atoms with Crippen LogP contribution in [0.4, 0.5) is 0 Å². The van der Waals surface area contributed by atoms with Gasteiger partial charge in [-0.3, -0.25) is 0 Å². The Morgan fingerprint density at radius 3 is 1.53 bits per heavy atom. The molecule has 0 saturated heterocycles. The van der Waals surface area contributed by atoms with E-state index in [0.29, 0.717) is 6.04 Å². The standard InChI is InChI=1S/C22H25AsN.C7H8.Rh/c1-18(24(2)3)21-16-10-11-17-22(21)23(19-12-6-4-7-13-19)20-14-8-5-9-15-20;1-2-7-4-3-6(1)5-7;/h4-18,23H,1-3H3;1-4,6-7H,5H2;/q;;+2. The Morgan fingerprint density at radius 1 is 0.688 bits per heavy atom. The Hall–Kier alpha value is -1.72. The number of rotatable bonds is 5.